The highest BCUT2D eigenvalue weighted by molar-refractivity contribution is 7.90. The molecule has 8 heteroatoms. The van der Waals surface area contributed by atoms with Gasteiger partial charge in [0.1, 0.15) is 0 Å². The predicted octanol–water partition coefficient (Wildman–Crippen LogP) is 2.43. The van der Waals surface area contributed by atoms with Crippen LogP contribution in [-0.2, 0) is 9.84 Å². The summed E-state index contributed by atoms with van der Waals surface area (Å²) < 4.78 is 23.0. The van der Waals surface area contributed by atoms with E-state index in [4.69, 9.17) is 0 Å². The summed E-state index contributed by atoms with van der Waals surface area (Å²) in [5.41, 5.74) is 1.95. The average Bonchev–Trinajstić information content (AvgIpc) is 2.68. The van der Waals surface area contributed by atoms with Gasteiger partial charge in [-0.1, -0.05) is 12.1 Å². The number of carbonyl (C=O) groups is 1. The van der Waals surface area contributed by atoms with Crippen molar-refractivity contribution in [1.29, 1.82) is 0 Å². The van der Waals surface area contributed by atoms with E-state index in [9.17, 15) is 13.2 Å². The Morgan fingerprint density at radius 2 is 1.59 bits per heavy atom. The quantitative estimate of drug-likeness (QED) is 0.727. The van der Waals surface area contributed by atoms with E-state index in [0.29, 0.717) is 11.4 Å². The Bertz CT molecular complexity index is 1030. The van der Waals surface area contributed by atoms with Crippen LogP contribution in [0.4, 0.5) is 0 Å². The van der Waals surface area contributed by atoms with E-state index < -0.39 is 9.84 Å². The van der Waals surface area contributed by atoms with Crippen molar-refractivity contribution in [2.24, 2.45) is 0 Å². The lowest BCUT2D eigenvalue weighted by Gasteiger charge is -2.14. The van der Waals surface area contributed by atoms with Gasteiger partial charge in [0.05, 0.1) is 16.5 Å². The van der Waals surface area contributed by atoms with Crippen LogP contribution in [0.2, 0.25) is 0 Å². The molecule has 1 atom stereocenters. The molecule has 1 amide bonds. The van der Waals surface area contributed by atoms with Crippen molar-refractivity contribution in [2.45, 2.75) is 17.9 Å². The number of benzene rings is 1. The van der Waals surface area contributed by atoms with Crippen LogP contribution >= 0.6 is 0 Å². The number of rotatable bonds is 5. The summed E-state index contributed by atoms with van der Waals surface area (Å²) in [6, 6.07) is 9.70. The van der Waals surface area contributed by atoms with Gasteiger partial charge in [-0.2, -0.15) is 0 Å². The number of sulfone groups is 1. The molecular formula is C19H18N4O3S. The maximum atomic E-state index is 12.4. The fraction of sp³-hybridized carbons (Fsp3) is 0.158. The summed E-state index contributed by atoms with van der Waals surface area (Å²) in [6.07, 6.45) is 7.39. The fourth-order valence-electron chi connectivity index (χ4n) is 2.46. The molecule has 0 aliphatic heterocycles. The number of pyridine rings is 1. The zero-order chi connectivity index (χ0) is 19.4. The lowest BCUT2D eigenvalue weighted by Crippen LogP contribution is -2.27. The smallest absolute Gasteiger partial charge is 0.254 e. The molecule has 2 aromatic heterocycles. The normalized spacial score (nSPS) is 12.4. The van der Waals surface area contributed by atoms with Gasteiger partial charge in [0.25, 0.3) is 5.91 Å². The minimum atomic E-state index is -3.25. The Labute approximate surface area is 157 Å². The highest BCUT2D eigenvalue weighted by Gasteiger charge is 2.14. The average molecular weight is 382 g/mol. The van der Waals surface area contributed by atoms with E-state index in [-0.39, 0.29) is 16.8 Å². The molecule has 7 nitrogen and oxygen atoms in total. The number of carbonyl (C=O) groups excluding carboxylic acids is 1. The Kier molecular flexibility index (Phi) is 5.27. The van der Waals surface area contributed by atoms with Crippen molar-refractivity contribution in [3.63, 3.8) is 0 Å². The number of hydrogen-bond donors (Lipinski definition) is 1. The van der Waals surface area contributed by atoms with Gasteiger partial charge in [0.2, 0.25) is 0 Å². The SMILES string of the molecule is C[C@H](NC(=O)c1cnc(-c2ccncc2)nc1)c1ccc(S(C)(=O)=O)cc1. The third-order valence-electron chi connectivity index (χ3n) is 4.01. The summed E-state index contributed by atoms with van der Waals surface area (Å²) in [7, 11) is -3.25. The molecule has 2 heterocycles. The minimum absolute atomic E-state index is 0.241. The molecule has 0 aliphatic rings. The maximum Gasteiger partial charge on any atom is 0.254 e. The van der Waals surface area contributed by atoms with Crippen LogP contribution in [0.3, 0.4) is 0 Å². The zero-order valence-electron chi connectivity index (χ0n) is 14.8. The van der Waals surface area contributed by atoms with Gasteiger partial charge in [-0.25, -0.2) is 18.4 Å². The fourth-order valence-corrected chi connectivity index (χ4v) is 3.09. The van der Waals surface area contributed by atoms with Crippen LogP contribution in [0.5, 0.6) is 0 Å². The first-order valence-corrected chi connectivity index (χ1v) is 10.1. The molecule has 0 spiro atoms. The van der Waals surface area contributed by atoms with Crippen molar-refractivity contribution < 1.29 is 13.2 Å². The van der Waals surface area contributed by atoms with Crippen molar-refractivity contribution in [3.05, 3.63) is 72.3 Å². The molecule has 0 saturated carbocycles. The zero-order valence-corrected chi connectivity index (χ0v) is 15.6. The molecule has 0 saturated heterocycles. The predicted molar refractivity (Wildman–Crippen MR) is 101 cm³/mol. The van der Waals surface area contributed by atoms with Gasteiger partial charge in [-0.3, -0.25) is 9.78 Å². The van der Waals surface area contributed by atoms with Crippen LogP contribution in [0.15, 0.2) is 66.1 Å². The highest BCUT2D eigenvalue weighted by atomic mass is 32.2. The van der Waals surface area contributed by atoms with Gasteiger partial charge in [0.15, 0.2) is 15.7 Å². The lowest BCUT2D eigenvalue weighted by atomic mass is 10.1. The topological polar surface area (TPSA) is 102 Å². The maximum absolute atomic E-state index is 12.4. The first-order chi connectivity index (χ1) is 12.8. The van der Waals surface area contributed by atoms with Crippen LogP contribution in [0.1, 0.15) is 28.9 Å². The molecule has 0 fully saturated rings. The van der Waals surface area contributed by atoms with Gasteiger partial charge >= 0.3 is 0 Å². The number of nitrogens with zero attached hydrogens (tertiary/aromatic N) is 3. The van der Waals surface area contributed by atoms with E-state index in [0.717, 1.165) is 17.4 Å². The molecule has 0 bridgehead atoms. The molecule has 138 valence electrons. The second-order valence-corrected chi connectivity index (χ2v) is 8.08. The third kappa shape index (κ3) is 4.53. The van der Waals surface area contributed by atoms with E-state index >= 15 is 0 Å². The Morgan fingerprint density at radius 3 is 2.15 bits per heavy atom. The Morgan fingerprint density at radius 1 is 1.00 bits per heavy atom. The summed E-state index contributed by atoms with van der Waals surface area (Å²) in [5, 5.41) is 2.85. The minimum Gasteiger partial charge on any atom is -0.345 e. The number of hydrogen-bond acceptors (Lipinski definition) is 6. The molecule has 27 heavy (non-hydrogen) atoms. The van der Waals surface area contributed by atoms with Crippen LogP contribution in [-0.4, -0.2) is 35.5 Å². The van der Waals surface area contributed by atoms with Gasteiger partial charge in [-0.05, 0) is 36.8 Å². The molecule has 0 radical (unpaired) electrons. The molecular weight excluding hydrogens is 364 g/mol. The van der Waals surface area contributed by atoms with Crippen molar-refractivity contribution >= 4 is 15.7 Å². The Hall–Kier alpha value is -3.13. The number of amides is 1. The van der Waals surface area contributed by atoms with E-state index in [1.807, 2.05) is 6.92 Å². The largest absolute Gasteiger partial charge is 0.345 e. The van der Waals surface area contributed by atoms with Gasteiger partial charge in [0, 0.05) is 36.6 Å². The summed E-state index contributed by atoms with van der Waals surface area (Å²) in [5.74, 6) is 0.203. The van der Waals surface area contributed by atoms with Crippen molar-refractivity contribution in [1.82, 2.24) is 20.3 Å². The van der Waals surface area contributed by atoms with E-state index in [1.165, 1.54) is 24.5 Å². The molecule has 1 aromatic carbocycles. The second kappa shape index (κ2) is 7.63. The van der Waals surface area contributed by atoms with E-state index in [1.54, 1.807) is 36.7 Å². The molecule has 3 rings (SSSR count). The lowest BCUT2D eigenvalue weighted by molar-refractivity contribution is 0.0939. The number of nitrogens with one attached hydrogen (secondary N) is 1. The van der Waals surface area contributed by atoms with Crippen LogP contribution in [0, 0.1) is 0 Å². The van der Waals surface area contributed by atoms with Crippen molar-refractivity contribution in [3.8, 4) is 11.4 Å². The van der Waals surface area contributed by atoms with Crippen LogP contribution in [0.25, 0.3) is 11.4 Å². The third-order valence-corrected chi connectivity index (χ3v) is 5.14. The molecule has 0 unspecified atom stereocenters. The van der Waals surface area contributed by atoms with Gasteiger partial charge < -0.3 is 5.32 Å². The second-order valence-electron chi connectivity index (χ2n) is 6.07. The molecule has 1 N–H and O–H groups in total. The monoisotopic (exact) mass is 382 g/mol. The van der Waals surface area contributed by atoms with E-state index in [2.05, 4.69) is 20.3 Å². The first-order valence-electron chi connectivity index (χ1n) is 8.18. The summed E-state index contributed by atoms with van der Waals surface area (Å²) in [6.45, 7) is 1.82. The first kappa shape index (κ1) is 18.7. The van der Waals surface area contributed by atoms with Crippen LogP contribution < -0.4 is 5.32 Å². The molecule has 0 aliphatic carbocycles. The Balaban J connectivity index is 1.69. The summed E-state index contributed by atoms with van der Waals surface area (Å²) in [4.78, 5) is 25.0. The number of aromatic nitrogens is 3. The van der Waals surface area contributed by atoms with Crippen molar-refractivity contribution in [2.75, 3.05) is 6.26 Å². The molecule has 3 aromatic rings. The highest BCUT2D eigenvalue weighted by Crippen LogP contribution is 2.17. The van der Waals surface area contributed by atoms with Gasteiger partial charge in [-0.15, -0.1) is 0 Å². The summed E-state index contributed by atoms with van der Waals surface area (Å²) >= 11 is 0. The standard InChI is InChI=1S/C19H18N4O3S/c1-13(14-3-5-17(6-4-14)27(2,25)26)23-19(24)16-11-21-18(22-12-16)15-7-9-20-10-8-15/h3-13H,1-2H3,(H,23,24)/t13-/m0/s1.